The third kappa shape index (κ3) is 5.62. The predicted octanol–water partition coefficient (Wildman–Crippen LogP) is 4.81. The van der Waals surface area contributed by atoms with E-state index in [2.05, 4.69) is 48.4 Å². The third-order valence-corrected chi connectivity index (χ3v) is 6.42. The van der Waals surface area contributed by atoms with Crippen molar-refractivity contribution in [2.45, 2.75) is 84.9 Å². The van der Waals surface area contributed by atoms with Gasteiger partial charge in [-0.15, -0.1) is 0 Å². The van der Waals surface area contributed by atoms with Gasteiger partial charge in [-0.25, -0.2) is 4.98 Å². The molecule has 0 radical (unpaired) electrons. The minimum absolute atomic E-state index is 0.102. The predicted molar refractivity (Wildman–Crippen MR) is 129 cm³/mol. The lowest BCUT2D eigenvalue weighted by molar-refractivity contribution is -0.00544. The van der Waals surface area contributed by atoms with Crippen molar-refractivity contribution >= 4 is 23.3 Å². The second kappa shape index (κ2) is 9.40. The molecule has 1 amide bonds. The van der Waals surface area contributed by atoms with Crippen molar-refractivity contribution in [1.82, 2.24) is 20.1 Å². The van der Waals surface area contributed by atoms with Gasteiger partial charge in [-0.1, -0.05) is 18.5 Å². The van der Waals surface area contributed by atoms with Crippen molar-refractivity contribution in [1.29, 1.82) is 0 Å². The second-order valence-electron chi connectivity index (χ2n) is 10.2. The highest BCUT2D eigenvalue weighted by atomic mass is 35.5. The van der Waals surface area contributed by atoms with E-state index in [1.165, 1.54) is 0 Å². The number of amides is 1. The van der Waals surface area contributed by atoms with Crippen LogP contribution in [-0.4, -0.2) is 43.5 Å². The number of aliphatic hydroxyl groups is 1. The van der Waals surface area contributed by atoms with Crippen LogP contribution in [0.4, 0.5) is 5.82 Å². The van der Waals surface area contributed by atoms with Gasteiger partial charge in [-0.05, 0) is 77.8 Å². The number of pyridine rings is 1. The number of rotatable bonds is 6. The Morgan fingerprint density at radius 2 is 2.00 bits per heavy atom. The number of nitrogens with zero attached hydrogens (tertiary/aromatic N) is 3. The number of carbonyl (C=O) groups excluding carboxylic acids is 1. The van der Waals surface area contributed by atoms with Gasteiger partial charge in [-0.3, -0.25) is 9.48 Å². The molecule has 3 N–H and O–H groups in total. The Kier molecular flexibility index (Phi) is 7.20. The summed E-state index contributed by atoms with van der Waals surface area (Å²) >= 11 is 6.68. The van der Waals surface area contributed by atoms with Gasteiger partial charge in [0.1, 0.15) is 5.82 Å². The van der Waals surface area contributed by atoms with Crippen LogP contribution in [-0.2, 0) is 6.54 Å². The molecule has 0 atom stereocenters. The number of hydrogen-bond donors (Lipinski definition) is 3. The quantitative estimate of drug-likeness (QED) is 0.574. The van der Waals surface area contributed by atoms with Crippen LogP contribution in [0.2, 0.25) is 5.02 Å². The molecule has 7 nitrogen and oxygen atoms in total. The van der Waals surface area contributed by atoms with E-state index in [1.54, 1.807) is 10.9 Å². The van der Waals surface area contributed by atoms with E-state index in [9.17, 15) is 9.90 Å². The van der Waals surface area contributed by atoms with Gasteiger partial charge >= 0.3 is 0 Å². The Morgan fingerprint density at radius 1 is 1.34 bits per heavy atom. The highest BCUT2D eigenvalue weighted by molar-refractivity contribution is 6.36. The molecule has 1 aliphatic carbocycles. The van der Waals surface area contributed by atoms with Gasteiger partial charge < -0.3 is 15.7 Å². The molecular formula is C24H36ClN5O2. The lowest BCUT2D eigenvalue weighted by atomic mass is 9.79. The molecule has 32 heavy (non-hydrogen) atoms. The Bertz CT molecular complexity index is 971. The fourth-order valence-corrected chi connectivity index (χ4v) is 4.46. The number of aryl methyl sites for hydroxylation is 2. The molecule has 1 fully saturated rings. The zero-order chi connectivity index (χ0) is 23.7. The van der Waals surface area contributed by atoms with Crippen LogP contribution in [0.1, 0.15) is 76.4 Å². The summed E-state index contributed by atoms with van der Waals surface area (Å²) in [6.45, 7) is 13.1. The van der Waals surface area contributed by atoms with Gasteiger partial charge in [0.2, 0.25) is 0 Å². The van der Waals surface area contributed by atoms with Crippen LogP contribution in [0.15, 0.2) is 12.3 Å². The minimum atomic E-state index is -0.860. The molecule has 0 saturated heterocycles. The highest BCUT2D eigenvalue weighted by Gasteiger charge is 2.33. The number of nitrogens with one attached hydrogen (secondary N) is 2. The van der Waals surface area contributed by atoms with Crippen molar-refractivity contribution in [2.24, 2.45) is 5.92 Å². The van der Waals surface area contributed by atoms with Gasteiger partial charge in [0.05, 0.1) is 16.3 Å². The fraction of sp³-hybridized carbons (Fsp3) is 0.625. The average molecular weight is 462 g/mol. The summed E-state index contributed by atoms with van der Waals surface area (Å²) in [4.78, 5) is 17.5. The number of hydrogen-bond acceptors (Lipinski definition) is 5. The molecule has 0 spiro atoms. The average Bonchev–Trinajstić information content (AvgIpc) is 3.04. The van der Waals surface area contributed by atoms with Gasteiger partial charge in [0.15, 0.2) is 5.69 Å². The molecule has 0 unspecified atom stereocenters. The van der Waals surface area contributed by atoms with Crippen molar-refractivity contribution in [3.05, 3.63) is 28.5 Å². The van der Waals surface area contributed by atoms with E-state index < -0.39 is 5.60 Å². The van der Waals surface area contributed by atoms with Crippen molar-refractivity contribution < 1.29 is 9.90 Å². The largest absolute Gasteiger partial charge is 0.388 e. The summed E-state index contributed by atoms with van der Waals surface area (Å²) in [5.74, 6) is 1.03. The summed E-state index contributed by atoms with van der Waals surface area (Å²) in [6.07, 6.45) is 5.08. The molecule has 1 aliphatic rings. The molecule has 0 aromatic carbocycles. The SMILES string of the molecule is CCn1nc(C(=O)NCC2(O)CCC(C)CC2)c(Cl)c1-c1cnc(NC(C)(C)C)cc1C. The van der Waals surface area contributed by atoms with E-state index in [1.807, 2.05) is 19.9 Å². The Morgan fingerprint density at radius 3 is 2.56 bits per heavy atom. The van der Waals surface area contributed by atoms with E-state index in [-0.39, 0.29) is 23.7 Å². The van der Waals surface area contributed by atoms with Crippen molar-refractivity contribution in [2.75, 3.05) is 11.9 Å². The fourth-order valence-electron chi connectivity index (χ4n) is 4.13. The minimum Gasteiger partial charge on any atom is -0.388 e. The Labute approximate surface area is 196 Å². The topological polar surface area (TPSA) is 92.1 Å². The first-order valence-electron chi connectivity index (χ1n) is 11.4. The van der Waals surface area contributed by atoms with E-state index in [4.69, 9.17) is 11.6 Å². The molecule has 3 rings (SSSR count). The zero-order valence-electron chi connectivity index (χ0n) is 20.0. The zero-order valence-corrected chi connectivity index (χ0v) is 20.8. The third-order valence-electron chi connectivity index (χ3n) is 6.06. The lowest BCUT2D eigenvalue weighted by Crippen LogP contribution is -2.45. The molecule has 1 saturated carbocycles. The van der Waals surface area contributed by atoms with E-state index in [0.717, 1.165) is 29.8 Å². The molecule has 2 aromatic rings. The first-order valence-corrected chi connectivity index (χ1v) is 11.8. The lowest BCUT2D eigenvalue weighted by Gasteiger charge is -2.34. The Hall–Kier alpha value is -2.12. The molecule has 8 heteroatoms. The van der Waals surface area contributed by atoms with Crippen LogP contribution < -0.4 is 10.6 Å². The molecular weight excluding hydrogens is 426 g/mol. The van der Waals surface area contributed by atoms with Crippen molar-refractivity contribution in [3.63, 3.8) is 0 Å². The van der Waals surface area contributed by atoms with Gasteiger partial charge in [-0.2, -0.15) is 5.10 Å². The number of anilines is 1. The van der Waals surface area contributed by atoms with Gasteiger partial charge in [0.25, 0.3) is 5.91 Å². The Balaban J connectivity index is 1.83. The summed E-state index contributed by atoms with van der Waals surface area (Å²) in [6, 6.07) is 1.98. The second-order valence-corrected chi connectivity index (χ2v) is 10.6. The normalized spacial score (nSPS) is 21.4. The van der Waals surface area contributed by atoms with Crippen LogP contribution in [0.3, 0.4) is 0 Å². The van der Waals surface area contributed by atoms with E-state index >= 15 is 0 Å². The number of aromatic nitrogens is 3. The van der Waals surface area contributed by atoms with Gasteiger partial charge in [0, 0.05) is 30.4 Å². The smallest absolute Gasteiger partial charge is 0.273 e. The summed E-state index contributed by atoms with van der Waals surface area (Å²) in [7, 11) is 0. The summed E-state index contributed by atoms with van der Waals surface area (Å²) in [5, 5.41) is 21.8. The molecule has 0 aliphatic heterocycles. The highest BCUT2D eigenvalue weighted by Crippen LogP contribution is 2.34. The van der Waals surface area contributed by atoms with Crippen LogP contribution in [0.5, 0.6) is 0 Å². The standard InChI is InChI=1S/C24H36ClN5O2/c1-7-30-21(17-13-26-18(12-16(17)3)28-23(4,5)6)19(25)20(29-30)22(31)27-14-24(32)10-8-15(2)9-11-24/h12-13,15,32H,7-11,14H2,1-6H3,(H,26,28)(H,27,31). The molecule has 2 aromatic heterocycles. The molecule has 176 valence electrons. The maximum absolute atomic E-state index is 12.9. The maximum Gasteiger partial charge on any atom is 0.273 e. The summed E-state index contributed by atoms with van der Waals surface area (Å²) in [5.41, 5.74) is 1.71. The van der Waals surface area contributed by atoms with Crippen LogP contribution >= 0.6 is 11.6 Å². The monoisotopic (exact) mass is 461 g/mol. The molecule has 2 heterocycles. The van der Waals surface area contributed by atoms with Crippen LogP contribution in [0.25, 0.3) is 11.3 Å². The van der Waals surface area contributed by atoms with Crippen molar-refractivity contribution in [3.8, 4) is 11.3 Å². The maximum atomic E-state index is 12.9. The van der Waals surface area contributed by atoms with Crippen LogP contribution in [0, 0.1) is 12.8 Å². The molecule has 0 bridgehead atoms. The van der Waals surface area contributed by atoms with E-state index in [0.29, 0.717) is 36.0 Å². The summed E-state index contributed by atoms with van der Waals surface area (Å²) < 4.78 is 1.73. The number of halogens is 1. The number of carbonyl (C=O) groups is 1. The first kappa shape index (κ1) is 24.5. The first-order chi connectivity index (χ1) is 14.9.